The summed E-state index contributed by atoms with van der Waals surface area (Å²) in [5.74, 6) is -0.107. The smallest absolute Gasteiger partial charge is 0.227 e. The molecule has 25 heavy (non-hydrogen) atoms. The van der Waals surface area contributed by atoms with Crippen molar-refractivity contribution in [1.82, 2.24) is 5.32 Å². The average molecular weight is 387 g/mol. The maximum absolute atomic E-state index is 12.4. The van der Waals surface area contributed by atoms with Crippen molar-refractivity contribution in [3.05, 3.63) is 28.2 Å². The summed E-state index contributed by atoms with van der Waals surface area (Å²) in [5, 5.41) is 6.76. The van der Waals surface area contributed by atoms with Crippen molar-refractivity contribution < 1.29 is 14.3 Å². The van der Waals surface area contributed by atoms with Gasteiger partial charge in [0.05, 0.1) is 10.7 Å². The molecule has 0 unspecified atom stereocenters. The summed E-state index contributed by atoms with van der Waals surface area (Å²) in [6.07, 6.45) is 3.63. The lowest BCUT2D eigenvalue weighted by Gasteiger charge is -2.27. The maximum atomic E-state index is 12.4. The minimum Gasteiger partial charge on any atom is -0.385 e. The minimum absolute atomic E-state index is 0.0126. The van der Waals surface area contributed by atoms with Gasteiger partial charge in [0.15, 0.2) is 0 Å². The number of methoxy groups -OCH3 is 1. The van der Waals surface area contributed by atoms with Gasteiger partial charge in [0.2, 0.25) is 11.8 Å². The lowest BCUT2D eigenvalue weighted by Crippen LogP contribution is -2.36. The van der Waals surface area contributed by atoms with E-state index < -0.39 is 0 Å². The molecule has 0 spiro atoms. The van der Waals surface area contributed by atoms with Gasteiger partial charge in [0, 0.05) is 37.1 Å². The van der Waals surface area contributed by atoms with Crippen LogP contribution in [0.4, 0.5) is 5.69 Å². The van der Waals surface area contributed by atoms with Crippen molar-refractivity contribution in [2.75, 3.05) is 25.6 Å². The van der Waals surface area contributed by atoms with Crippen LogP contribution in [0.3, 0.4) is 0 Å². The summed E-state index contributed by atoms with van der Waals surface area (Å²) in [4.78, 5) is 24.6. The summed E-state index contributed by atoms with van der Waals surface area (Å²) in [7, 11) is 1.64. The Morgan fingerprint density at radius 3 is 2.40 bits per heavy atom. The zero-order valence-electron chi connectivity index (χ0n) is 14.3. The molecule has 2 rings (SSSR count). The van der Waals surface area contributed by atoms with Crippen molar-refractivity contribution in [2.24, 2.45) is 11.8 Å². The predicted molar refractivity (Wildman–Crippen MR) is 100 cm³/mol. The molecule has 1 fully saturated rings. The highest BCUT2D eigenvalue weighted by Crippen LogP contribution is 2.31. The van der Waals surface area contributed by atoms with Gasteiger partial charge in [0.1, 0.15) is 0 Å². The van der Waals surface area contributed by atoms with Crippen molar-refractivity contribution in [3.8, 4) is 0 Å². The van der Waals surface area contributed by atoms with Crippen LogP contribution in [0.25, 0.3) is 0 Å². The van der Waals surface area contributed by atoms with Crippen LogP contribution in [-0.4, -0.2) is 32.1 Å². The first-order valence-electron chi connectivity index (χ1n) is 8.54. The second-order valence-electron chi connectivity index (χ2n) is 6.30. The predicted octanol–water partition coefficient (Wildman–Crippen LogP) is 3.89. The van der Waals surface area contributed by atoms with Crippen LogP contribution in [0.5, 0.6) is 0 Å². The van der Waals surface area contributed by atoms with E-state index in [0.717, 1.165) is 19.3 Å². The summed E-state index contributed by atoms with van der Waals surface area (Å²) in [5.41, 5.74) is 0.525. The second kappa shape index (κ2) is 10.00. The van der Waals surface area contributed by atoms with Crippen LogP contribution in [-0.2, 0) is 14.3 Å². The molecule has 0 radical (unpaired) electrons. The van der Waals surface area contributed by atoms with Crippen LogP contribution in [0.1, 0.15) is 32.1 Å². The van der Waals surface area contributed by atoms with Crippen molar-refractivity contribution >= 4 is 40.7 Å². The third-order valence-corrected chi connectivity index (χ3v) is 5.04. The number of anilines is 1. The highest BCUT2D eigenvalue weighted by molar-refractivity contribution is 6.35. The zero-order chi connectivity index (χ0) is 18.2. The van der Waals surface area contributed by atoms with E-state index in [0.29, 0.717) is 41.7 Å². The van der Waals surface area contributed by atoms with Gasteiger partial charge in [-0.05, 0) is 50.3 Å². The van der Waals surface area contributed by atoms with Gasteiger partial charge in [-0.25, -0.2) is 0 Å². The first kappa shape index (κ1) is 20.0. The van der Waals surface area contributed by atoms with E-state index >= 15 is 0 Å². The van der Waals surface area contributed by atoms with Gasteiger partial charge < -0.3 is 15.4 Å². The first-order chi connectivity index (χ1) is 12.0. The molecular weight excluding hydrogens is 363 g/mol. The third kappa shape index (κ3) is 6.17. The SMILES string of the molecule is COCCCNC(=O)C1CCC(C(=O)Nc2cc(Cl)ccc2Cl)CC1. The van der Waals surface area contributed by atoms with Gasteiger partial charge in [-0.3, -0.25) is 9.59 Å². The molecule has 1 aromatic carbocycles. The molecule has 0 atom stereocenters. The highest BCUT2D eigenvalue weighted by atomic mass is 35.5. The Hall–Kier alpha value is -1.30. The topological polar surface area (TPSA) is 67.4 Å². The maximum Gasteiger partial charge on any atom is 0.227 e. The summed E-state index contributed by atoms with van der Waals surface area (Å²) in [6.45, 7) is 1.26. The number of ether oxygens (including phenoxy) is 1. The van der Waals surface area contributed by atoms with Crippen LogP contribution in [0, 0.1) is 11.8 Å². The fourth-order valence-corrected chi connectivity index (χ4v) is 3.36. The quantitative estimate of drug-likeness (QED) is 0.698. The number of hydrogen-bond acceptors (Lipinski definition) is 3. The van der Waals surface area contributed by atoms with Crippen LogP contribution in [0.2, 0.25) is 10.0 Å². The molecule has 1 aromatic rings. The zero-order valence-corrected chi connectivity index (χ0v) is 15.8. The summed E-state index contributed by atoms with van der Waals surface area (Å²) in [6, 6.07) is 4.97. The molecule has 0 aliphatic heterocycles. The monoisotopic (exact) mass is 386 g/mol. The Morgan fingerprint density at radius 2 is 1.76 bits per heavy atom. The summed E-state index contributed by atoms with van der Waals surface area (Å²) < 4.78 is 4.96. The van der Waals surface area contributed by atoms with Crippen LogP contribution >= 0.6 is 23.2 Å². The van der Waals surface area contributed by atoms with Crippen molar-refractivity contribution in [1.29, 1.82) is 0 Å². The molecule has 0 heterocycles. The van der Waals surface area contributed by atoms with E-state index in [1.165, 1.54) is 0 Å². The van der Waals surface area contributed by atoms with E-state index in [-0.39, 0.29) is 23.7 Å². The average Bonchev–Trinajstić information content (AvgIpc) is 2.61. The molecule has 2 amide bonds. The second-order valence-corrected chi connectivity index (χ2v) is 7.14. The Morgan fingerprint density at radius 1 is 1.12 bits per heavy atom. The lowest BCUT2D eigenvalue weighted by atomic mass is 9.81. The number of benzene rings is 1. The van der Waals surface area contributed by atoms with Gasteiger partial charge in [-0.15, -0.1) is 0 Å². The number of carbonyl (C=O) groups excluding carboxylic acids is 2. The molecule has 0 saturated heterocycles. The number of nitrogens with one attached hydrogen (secondary N) is 2. The molecule has 0 bridgehead atoms. The molecule has 138 valence electrons. The molecule has 7 heteroatoms. The molecule has 1 aliphatic carbocycles. The molecule has 2 N–H and O–H groups in total. The fraction of sp³-hybridized carbons (Fsp3) is 0.556. The molecule has 5 nitrogen and oxygen atoms in total. The fourth-order valence-electron chi connectivity index (χ4n) is 3.02. The van der Waals surface area contributed by atoms with Gasteiger partial charge >= 0.3 is 0 Å². The van der Waals surface area contributed by atoms with Crippen molar-refractivity contribution in [3.63, 3.8) is 0 Å². The largest absolute Gasteiger partial charge is 0.385 e. The lowest BCUT2D eigenvalue weighted by molar-refractivity contribution is -0.128. The van der Waals surface area contributed by atoms with Gasteiger partial charge in [0.25, 0.3) is 0 Å². The molecule has 1 saturated carbocycles. The van der Waals surface area contributed by atoms with E-state index in [9.17, 15) is 9.59 Å². The number of hydrogen-bond donors (Lipinski definition) is 2. The molecule has 0 aromatic heterocycles. The van der Waals surface area contributed by atoms with E-state index in [1.807, 2.05) is 0 Å². The van der Waals surface area contributed by atoms with Gasteiger partial charge in [-0.1, -0.05) is 23.2 Å². The standard InChI is InChI=1S/C18H24Cl2N2O3/c1-25-10-2-9-21-17(23)12-3-5-13(6-4-12)18(24)22-16-11-14(19)7-8-15(16)20/h7-8,11-13H,2-6,9-10H2,1H3,(H,21,23)(H,22,24). The van der Waals surface area contributed by atoms with E-state index in [1.54, 1.807) is 25.3 Å². The van der Waals surface area contributed by atoms with E-state index in [4.69, 9.17) is 27.9 Å². The minimum atomic E-state index is -0.104. The van der Waals surface area contributed by atoms with Crippen molar-refractivity contribution in [2.45, 2.75) is 32.1 Å². The third-order valence-electron chi connectivity index (χ3n) is 4.48. The highest BCUT2D eigenvalue weighted by Gasteiger charge is 2.30. The Bertz CT molecular complexity index is 602. The first-order valence-corrected chi connectivity index (χ1v) is 9.29. The number of amides is 2. The Kier molecular flexibility index (Phi) is 8.00. The summed E-state index contributed by atoms with van der Waals surface area (Å²) >= 11 is 12.0. The Balaban J connectivity index is 1.78. The number of rotatable bonds is 7. The normalized spacial score (nSPS) is 20.1. The number of carbonyl (C=O) groups is 2. The van der Waals surface area contributed by atoms with E-state index in [2.05, 4.69) is 10.6 Å². The van der Waals surface area contributed by atoms with Gasteiger partial charge in [-0.2, -0.15) is 0 Å². The molecule has 1 aliphatic rings. The van der Waals surface area contributed by atoms with Crippen LogP contribution in [0.15, 0.2) is 18.2 Å². The Labute approximate surface area is 158 Å². The van der Waals surface area contributed by atoms with Crippen LogP contribution < -0.4 is 10.6 Å². The number of halogens is 2. The molecular formula is C18H24Cl2N2O3.